The summed E-state index contributed by atoms with van der Waals surface area (Å²) in [5.74, 6) is -0.555. The van der Waals surface area contributed by atoms with E-state index in [1.54, 1.807) is 32.5 Å². The predicted molar refractivity (Wildman–Crippen MR) is 94.5 cm³/mol. The van der Waals surface area contributed by atoms with E-state index in [2.05, 4.69) is 10.1 Å². The molecule has 3 heterocycles. The highest BCUT2D eigenvalue weighted by atomic mass is 19.1. The first-order valence-corrected chi connectivity index (χ1v) is 8.60. The number of carbonyl (C=O) groups excluding carboxylic acids is 1. The van der Waals surface area contributed by atoms with Gasteiger partial charge in [-0.3, -0.25) is 9.67 Å². The lowest BCUT2D eigenvalue weighted by molar-refractivity contribution is -0.0229. The highest BCUT2D eigenvalue weighted by Crippen LogP contribution is 2.28. The lowest BCUT2D eigenvalue weighted by Crippen LogP contribution is -2.57. The second-order valence-electron chi connectivity index (χ2n) is 7.43. The Morgan fingerprint density at radius 1 is 1.37 bits per heavy atom. The van der Waals surface area contributed by atoms with Gasteiger partial charge in [-0.1, -0.05) is 0 Å². The van der Waals surface area contributed by atoms with Gasteiger partial charge in [-0.2, -0.15) is 5.10 Å². The quantitative estimate of drug-likeness (QED) is 0.876. The molecule has 9 heteroatoms. The van der Waals surface area contributed by atoms with E-state index in [4.69, 9.17) is 9.47 Å². The summed E-state index contributed by atoms with van der Waals surface area (Å²) in [6, 6.07) is 1.47. The summed E-state index contributed by atoms with van der Waals surface area (Å²) in [5.41, 5.74) is 1.05. The monoisotopic (exact) mass is 378 g/mol. The van der Waals surface area contributed by atoms with E-state index in [-0.39, 0.29) is 18.5 Å². The van der Waals surface area contributed by atoms with Gasteiger partial charge in [0.1, 0.15) is 11.7 Å². The molecule has 1 aliphatic rings. The van der Waals surface area contributed by atoms with Gasteiger partial charge in [0.05, 0.1) is 43.5 Å². The Bertz CT molecular complexity index is 840. The molecule has 0 saturated carbocycles. The zero-order valence-corrected chi connectivity index (χ0v) is 15.8. The highest BCUT2D eigenvalue weighted by Gasteiger charge is 2.35. The van der Waals surface area contributed by atoms with Gasteiger partial charge in [0.2, 0.25) is 0 Å². The average Bonchev–Trinajstić information content (AvgIpc) is 2.91. The number of nitrogens with zero attached hydrogens (tertiary/aromatic N) is 4. The molecule has 1 amide bonds. The first-order valence-electron chi connectivity index (χ1n) is 8.60. The Morgan fingerprint density at radius 2 is 2.07 bits per heavy atom. The Labute approximate surface area is 156 Å². The van der Waals surface area contributed by atoms with Crippen molar-refractivity contribution in [3.8, 4) is 17.1 Å². The fourth-order valence-electron chi connectivity index (χ4n) is 2.74. The molecule has 0 radical (unpaired) electrons. The summed E-state index contributed by atoms with van der Waals surface area (Å²) in [4.78, 5) is 17.5. The number of aromatic nitrogens is 3. The van der Waals surface area contributed by atoms with Crippen LogP contribution in [0, 0.1) is 5.82 Å². The third-order valence-electron chi connectivity index (χ3n) is 4.04. The van der Waals surface area contributed by atoms with E-state index in [9.17, 15) is 14.3 Å². The van der Waals surface area contributed by atoms with Crippen LogP contribution in [-0.4, -0.2) is 55.7 Å². The van der Waals surface area contributed by atoms with Gasteiger partial charge < -0.3 is 19.5 Å². The molecule has 0 atom stereocenters. The van der Waals surface area contributed by atoms with Crippen LogP contribution in [-0.2, 0) is 18.4 Å². The van der Waals surface area contributed by atoms with E-state index in [1.165, 1.54) is 17.2 Å². The van der Waals surface area contributed by atoms with Crippen LogP contribution in [0.3, 0.4) is 0 Å². The standard InChI is InChI=1S/C18H23FN4O4/c1-18(2,3)27-17(25)23-8-12(9-23)26-15-5-14(20-7-13(15)19)16-11(10-24)6-21-22(16)4/h5-7,12,24H,8-10H2,1-4H3. The third kappa shape index (κ3) is 4.19. The molecule has 0 bridgehead atoms. The van der Waals surface area contributed by atoms with E-state index >= 15 is 0 Å². The van der Waals surface area contributed by atoms with Crippen molar-refractivity contribution in [2.24, 2.45) is 7.05 Å². The van der Waals surface area contributed by atoms with Gasteiger partial charge in [-0.25, -0.2) is 9.18 Å². The topological polar surface area (TPSA) is 89.7 Å². The summed E-state index contributed by atoms with van der Waals surface area (Å²) in [7, 11) is 1.71. The zero-order chi connectivity index (χ0) is 19.8. The molecule has 27 heavy (non-hydrogen) atoms. The molecule has 1 fully saturated rings. The van der Waals surface area contributed by atoms with Crippen molar-refractivity contribution in [2.75, 3.05) is 13.1 Å². The SMILES string of the molecule is Cn1ncc(CO)c1-c1cc(OC2CN(C(=O)OC(C)(C)C)C2)c(F)cn1. The molecule has 0 spiro atoms. The molecule has 1 N–H and O–H groups in total. The maximum absolute atomic E-state index is 14.1. The second-order valence-corrected chi connectivity index (χ2v) is 7.43. The minimum atomic E-state index is -0.595. The number of rotatable bonds is 4. The molecule has 1 aliphatic heterocycles. The van der Waals surface area contributed by atoms with E-state index in [0.717, 1.165) is 6.20 Å². The number of pyridine rings is 1. The van der Waals surface area contributed by atoms with Crippen molar-refractivity contribution in [3.05, 3.63) is 29.8 Å². The third-order valence-corrected chi connectivity index (χ3v) is 4.04. The molecular weight excluding hydrogens is 355 g/mol. The van der Waals surface area contributed by atoms with Crippen molar-refractivity contribution in [2.45, 2.75) is 39.1 Å². The summed E-state index contributed by atoms with van der Waals surface area (Å²) in [6.45, 7) is 5.83. The molecular formula is C18H23FN4O4. The van der Waals surface area contributed by atoms with Crippen LogP contribution >= 0.6 is 0 Å². The van der Waals surface area contributed by atoms with Crippen LogP contribution in [0.5, 0.6) is 5.75 Å². The minimum absolute atomic E-state index is 0.0407. The predicted octanol–water partition coefficient (Wildman–Crippen LogP) is 2.11. The van der Waals surface area contributed by atoms with Crippen LogP contribution in [0.25, 0.3) is 11.4 Å². The smallest absolute Gasteiger partial charge is 0.410 e. The molecule has 2 aromatic rings. The van der Waals surface area contributed by atoms with E-state index < -0.39 is 17.5 Å². The number of hydrogen-bond donors (Lipinski definition) is 1. The van der Waals surface area contributed by atoms with Gasteiger partial charge in [-0.05, 0) is 20.8 Å². The van der Waals surface area contributed by atoms with Gasteiger partial charge in [-0.15, -0.1) is 0 Å². The highest BCUT2D eigenvalue weighted by molar-refractivity contribution is 5.69. The second kappa shape index (κ2) is 7.15. The largest absolute Gasteiger partial charge is 0.483 e. The van der Waals surface area contributed by atoms with Gasteiger partial charge in [0.25, 0.3) is 0 Å². The molecule has 146 valence electrons. The summed E-state index contributed by atoms with van der Waals surface area (Å²) in [6.07, 6.45) is 1.86. The molecule has 3 rings (SSSR count). The lowest BCUT2D eigenvalue weighted by atomic mass is 10.1. The number of likely N-dealkylation sites (tertiary alicyclic amines) is 1. The molecule has 0 unspecified atom stereocenters. The number of aliphatic hydroxyl groups excluding tert-OH is 1. The summed E-state index contributed by atoms with van der Waals surface area (Å²) < 4.78 is 26.7. The molecule has 0 aliphatic carbocycles. The molecule has 8 nitrogen and oxygen atoms in total. The number of aliphatic hydroxyl groups is 1. The Morgan fingerprint density at radius 3 is 2.70 bits per heavy atom. The maximum atomic E-state index is 14.1. The van der Waals surface area contributed by atoms with Crippen LogP contribution in [0.4, 0.5) is 9.18 Å². The van der Waals surface area contributed by atoms with Gasteiger partial charge in [0.15, 0.2) is 11.6 Å². The van der Waals surface area contributed by atoms with Crippen molar-refractivity contribution in [1.82, 2.24) is 19.7 Å². The molecule has 2 aromatic heterocycles. The fraction of sp³-hybridized carbons (Fsp3) is 0.500. The van der Waals surface area contributed by atoms with Crippen molar-refractivity contribution in [3.63, 3.8) is 0 Å². The zero-order valence-electron chi connectivity index (χ0n) is 15.8. The number of amides is 1. The minimum Gasteiger partial charge on any atom is -0.483 e. The van der Waals surface area contributed by atoms with Crippen LogP contribution in [0.2, 0.25) is 0 Å². The Hall–Kier alpha value is -2.68. The van der Waals surface area contributed by atoms with E-state index in [1.807, 2.05) is 0 Å². The average molecular weight is 378 g/mol. The van der Waals surface area contributed by atoms with Crippen LogP contribution < -0.4 is 4.74 Å². The van der Waals surface area contributed by atoms with Gasteiger partial charge in [0, 0.05) is 18.7 Å². The van der Waals surface area contributed by atoms with Crippen molar-refractivity contribution < 1.29 is 23.8 Å². The maximum Gasteiger partial charge on any atom is 0.410 e. The number of aryl methyl sites for hydroxylation is 1. The fourth-order valence-corrected chi connectivity index (χ4v) is 2.74. The number of ether oxygens (including phenoxy) is 2. The van der Waals surface area contributed by atoms with Crippen molar-refractivity contribution >= 4 is 6.09 Å². The van der Waals surface area contributed by atoms with Gasteiger partial charge >= 0.3 is 6.09 Å². The van der Waals surface area contributed by atoms with E-state index in [0.29, 0.717) is 30.0 Å². The number of halogens is 1. The number of carbonyl (C=O) groups is 1. The summed E-state index contributed by atoms with van der Waals surface area (Å²) >= 11 is 0. The van der Waals surface area contributed by atoms with Crippen LogP contribution in [0.1, 0.15) is 26.3 Å². The van der Waals surface area contributed by atoms with Crippen LogP contribution in [0.15, 0.2) is 18.5 Å². The first kappa shape index (κ1) is 19.1. The van der Waals surface area contributed by atoms with Crippen molar-refractivity contribution in [1.29, 1.82) is 0 Å². The lowest BCUT2D eigenvalue weighted by Gasteiger charge is -2.39. The normalized spacial score (nSPS) is 14.8. The number of hydrogen-bond acceptors (Lipinski definition) is 6. The summed E-state index contributed by atoms with van der Waals surface area (Å²) in [5, 5.41) is 13.5. The molecule has 0 aromatic carbocycles. The first-order chi connectivity index (χ1) is 12.7. The molecule has 1 saturated heterocycles. The Balaban J connectivity index is 1.69. The Kier molecular flexibility index (Phi) is 5.05.